The van der Waals surface area contributed by atoms with Gasteiger partial charge in [-0.1, -0.05) is 0 Å². The van der Waals surface area contributed by atoms with Gasteiger partial charge in [0, 0.05) is 97.6 Å². The number of aromatic hydroxyl groups is 2. The van der Waals surface area contributed by atoms with Gasteiger partial charge in [0.1, 0.15) is 74.8 Å². The molecule has 0 bridgehead atoms. The van der Waals surface area contributed by atoms with Gasteiger partial charge in [-0.2, -0.15) is 40.1 Å². The van der Waals surface area contributed by atoms with Crippen molar-refractivity contribution in [2.75, 3.05) is 33.0 Å². The van der Waals surface area contributed by atoms with Gasteiger partial charge < -0.3 is 50.5 Å². The van der Waals surface area contributed by atoms with Crippen molar-refractivity contribution in [3.05, 3.63) is 150 Å². The Balaban J connectivity index is 0.000000461. The van der Waals surface area contributed by atoms with E-state index in [1.807, 2.05) is 0 Å². The molecule has 2 aliphatic rings. The first-order chi connectivity index (χ1) is 41.0. The van der Waals surface area contributed by atoms with Crippen molar-refractivity contribution >= 4 is 176 Å². The van der Waals surface area contributed by atoms with Crippen LogP contribution in [0.1, 0.15) is 22.3 Å². The van der Waals surface area contributed by atoms with Gasteiger partial charge in [-0.3, -0.25) is 40.7 Å². The molecule has 0 saturated heterocycles. The number of nitrogens with two attached hydrogens (primary N) is 2. The van der Waals surface area contributed by atoms with E-state index in [-0.39, 0.29) is 243 Å². The second-order valence-electron chi connectivity index (χ2n) is 17.6. The van der Waals surface area contributed by atoms with Crippen molar-refractivity contribution in [2.45, 2.75) is 9.79 Å². The van der Waals surface area contributed by atoms with E-state index in [2.05, 4.69) is 61.6 Å². The number of nitro groups is 2. The van der Waals surface area contributed by atoms with Crippen molar-refractivity contribution in [2.24, 2.45) is 10.2 Å². The number of carbonyl (C=O) groups excluding carboxylic acids is 2. The van der Waals surface area contributed by atoms with E-state index in [4.69, 9.17) is 34.7 Å². The van der Waals surface area contributed by atoms with E-state index in [1.165, 1.54) is 36.4 Å². The molecule has 10 rings (SSSR count). The number of nitrogens with zero attached hydrogens (tertiary/aromatic N) is 10. The van der Waals surface area contributed by atoms with Gasteiger partial charge in [-0.15, -0.1) is 0 Å². The molecule has 461 valence electrons. The molecule has 36 nitrogen and oxygen atoms in total. The third-order valence-electron chi connectivity index (χ3n) is 12.0. The number of hydrogen-bond acceptors (Lipinski definition) is 34. The molecule has 0 saturated carbocycles. The number of nitrogen functional groups attached to an aromatic ring is 2. The molecule has 48 heteroatoms. The fraction of sp³-hybridized carbons (Fsp3) is 0. The third-order valence-corrected chi connectivity index (χ3v) is 15.8. The molecule has 0 unspecified atom stereocenters. The van der Waals surface area contributed by atoms with Crippen LogP contribution in [-0.4, -0.2) is 125 Å². The van der Waals surface area contributed by atoms with Crippen LogP contribution in [0.3, 0.4) is 0 Å². The topological polar surface area (TPSA) is 592 Å². The summed E-state index contributed by atoms with van der Waals surface area (Å²) >= 11 is 11.5. The van der Waals surface area contributed by atoms with Crippen LogP contribution >= 0.6 is 23.2 Å². The van der Waals surface area contributed by atoms with E-state index in [1.54, 1.807) is 0 Å². The molecule has 94 heavy (non-hydrogen) atoms. The van der Waals surface area contributed by atoms with E-state index in [9.17, 15) is 91.9 Å². The zero-order chi connectivity index (χ0) is 64.3. The van der Waals surface area contributed by atoms with Gasteiger partial charge in [-0.05, 0) is 94.6 Å². The number of hydrazone groups is 2. The zero-order valence-electron chi connectivity index (χ0n) is 47.8. The molecule has 6 aromatic carbocycles. The van der Waals surface area contributed by atoms with Crippen LogP contribution in [0.5, 0.6) is 11.5 Å². The Morgan fingerprint density at radius 1 is 0.479 bits per heavy atom. The number of nitro benzene ring substituents is 2. The fourth-order valence-electron chi connectivity index (χ4n) is 8.37. The Hall–Kier alpha value is -5.05. The summed E-state index contributed by atoms with van der Waals surface area (Å²) in [4.78, 5) is 64.8. The van der Waals surface area contributed by atoms with Crippen molar-refractivity contribution in [3.63, 3.8) is 0 Å². The summed E-state index contributed by atoms with van der Waals surface area (Å²) in [5.41, 5.74) is 10.2. The first kappa shape index (κ1) is 83.2. The minimum Gasteiger partial charge on any atom is -0.744 e. The molecule has 1 radical (unpaired) electrons. The first-order valence-corrected chi connectivity index (χ1v) is 29.5. The maximum absolute atomic E-state index is 12.8. The number of aromatic nitrogens is 6. The average Bonchev–Trinajstić information content (AvgIpc) is 0.778. The Bertz CT molecular complexity index is 4760. The predicted octanol–water partition coefficient (Wildman–Crippen LogP) is -11.4. The van der Waals surface area contributed by atoms with Crippen molar-refractivity contribution in [1.29, 1.82) is 0 Å². The number of ketones is 2. The Kier molecular flexibility index (Phi) is 28.8. The van der Waals surface area contributed by atoms with Gasteiger partial charge in [0.25, 0.3) is 11.4 Å². The van der Waals surface area contributed by atoms with Crippen LogP contribution in [-0.2, 0) is 66.8 Å². The second-order valence-corrected chi connectivity index (χ2v) is 23.6. The third kappa shape index (κ3) is 18.8. The van der Waals surface area contributed by atoms with Crippen LogP contribution in [0.2, 0.25) is 10.6 Å². The number of phenolic OH excluding ortho intramolecular Hbond substituents is 2. The number of halogens is 2. The first-order valence-electron chi connectivity index (χ1n) is 23.1. The van der Waals surface area contributed by atoms with Crippen LogP contribution < -0.4 is 181 Å². The molecule has 8 aromatic rings. The quantitative estimate of drug-likeness (QED) is 0.0165. The predicted molar refractivity (Wildman–Crippen MR) is 304 cm³/mol. The second kappa shape index (κ2) is 32.5. The summed E-state index contributed by atoms with van der Waals surface area (Å²) < 4.78 is 144. The molecule has 0 amide bonds. The van der Waals surface area contributed by atoms with Crippen molar-refractivity contribution in [3.8, 4) is 11.5 Å². The monoisotopic (exact) mass is 1490 g/mol. The normalized spacial score (nSPS) is 13.4. The number of carbonyl (C=O) groups is 2. The molecule has 10 N–H and O–H groups in total. The number of benzene rings is 6. The van der Waals surface area contributed by atoms with E-state index in [0.29, 0.717) is 12.2 Å². The molecule has 2 heterocycles. The molecule has 0 atom stereocenters. The summed E-state index contributed by atoms with van der Waals surface area (Å²) in [6, 6.07) is 15.2. The van der Waals surface area contributed by atoms with Gasteiger partial charge in [0.15, 0.2) is 0 Å². The number of phenols is 2. The Morgan fingerprint density at radius 3 is 1.12 bits per heavy atom. The van der Waals surface area contributed by atoms with E-state index in [0.717, 1.165) is 48.5 Å². The number of allylic oxidation sites excluding steroid dienone is 2. The Morgan fingerprint density at radius 2 is 0.819 bits per heavy atom. The molecule has 2 aliphatic carbocycles. The average molecular weight is 1500 g/mol. The number of rotatable bonds is 14. The number of non-ortho nitro benzene ring substituents is 2. The number of hydrogen-bond donors (Lipinski definition) is 8. The van der Waals surface area contributed by atoms with Crippen LogP contribution in [0.25, 0.3) is 31.4 Å². The molecule has 0 fully saturated rings. The summed E-state index contributed by atoms with van der Waals surface area (Å²) in [6.07, 6.45) is 0.782. The van der Waals surface area contributed by atoms with Gasteiger partial charge >= 0.3 is 148 Å². The van der Waals surface area contributed by atoms with E-state index < -0.39 is 138 Å². The van der Waals surface area contributed by atoms with Crippen LogP contribution in [0, 0.1) is 20.2 Å². The molecule has 0 aliphatic heterocycles. The smallest absolute Gasteiger partial charge is 0.744 e. The zero-order valence-corrected chi connectivity index (χ0v) is 63.6. The molecular weight excluding hydrogens is 1470 g/mol. The summed E-state index contributed by atoms with van der Waals surface area (Å²) in [5, 5.41) is 57.1. The van der Waals surface area contributed by atoms with Crippen LogP contribution in [0.15, 0.2) is 117 Å². The minimum absolute atomic E-state index is 0. The summed E-state index contributed by atoms with van der Waals surface area (Å²) in [6.45, 7) is 0. The summed E-state index contributed by atoms with van der Waals surface area (Å²) in [5.74, 6) is -4.41. The molecule has 2 aromatic heterocycles. The summed E-state index contributed by atoms with van der Waals surface area (Å²) in [7, 11) is -21.2. The van der Waals surface area contributed by atoms with Gasteiger partial charge in [-0.25, -0.2) is 33.7 Å². The molecular formula is C46H26Cl2CoN16Na5O20S4+. The van der Waals surface area contributed by atoms with Gasteiger partial charge in [0.05, 0.1) is 29.4 Å². The van der Waals surface area contributed by atoms with Crippen molar-refractivity contribution in [1.82, 2.24) is 29.9 Å². The standard InChI is InChI=1S/2C23H15ClN8O10S2.Co.5Na/c2*24-21-27-22(25)29-23(28-21)26-10-1-3-12-9(5-10)6-17(44(40,41)42)19(20(12)34)31-30-18-13-4-2-11(32(35)36)7-14(13)16(8-15(18)33)43(37,38)39;;;;;;/h2*1-8,31,34H,(H,37,38,39)(H,40,41,42)(H3,25,26,27,28,29);;;;;;/q;;;5*+1/p-4. The maximum atomic E-state index is 12.8. The minimum atomic E-state index is -5.32. The largest absolute Gasteiger partial charge is 1.00 e. The van der Waals surface area contributed by atoms with Gasteiger partial charge in [0.2, 0.25) is 45.9 Å². The van der Waals surface area contributed by atoms with Crippen molar-refractivity contribution < 1.29 is 246 Å². The SMILES string of the molecule is Nc1nc(Cl)nc(Nc2ccc3c(O)c(NN=C4C(=O)C=C(S(=O)(=O)[O-])c5cc([N+](=O)[O-])ccc54)c(S(=O)(=O)[O-])cc3c2)n1.Nc1nc(Cl)nc(Nc2ccc3c(O)c(NN=C4C(=O)C=C(S(=O)(=O)[O-])c5cc([N+](=O)[O-])ccc54)c(S(=O)(=O)[O-])cc3c2)n1.[Co].[Na+].[Na+].[Na+].[Na+].[Na+]. The number of nitrogens with one attached hydrogen (secondary N) is 4. The number of fused-ring (bicyclic) bond motifs is 4. The van der Waals surface area contributed by atoms with E-state index >= 15 is 0 Å². The number of anilines is 8. The molecule has 0 spiro atoms. The maximum Gasteiger partial charge on any atom is 1.00 e. The fourth-order valence-corrected chi connectivity index (χ4v) is 11.4. The Labute approximate surface area is 657 Å². The van der Waals surface area contributed by atoms with Crippen LogP contribution in [0.4, 0.5) is 57.9 Å².